The molecular weight excluding hydrogens is 233 g/mol. The zero-order valence-corrected chi connectivity index (χ0v) is 9.21. The predicted molar refractivity (Wildman–Crippen MR) is 58.9 cm³/mol. The third-order valence-electron chi connectivity index (χ3n) is 1.36. The minimum absolute atomic E-state index is 0.788. The largest absolute Gasteiger partial charge is 0.118 e. The first-order valence-corrected chi connectivity index (χ1v) is 6.82. The van der Waals surface area contributed by atoms with Crippen molar-refractivity contribution in [3.8, 4) is 0 Å². The van der Waals surface area contributed by atoms with Gasteiger partial charge in [0.15, 0.2) is 0 Å². The first kappa shape index (κ1) is 10.3. The van der Waals surface area contributed by atoms with Gasteiger partial charge in [0.1, 0.15) is 6.63 Å². The lowest BCUT2D eigenvalue weighted by atomic mass is 10.2. The number of halogens is 3. The lowest BCUT2D eigenvalue weighted by Gasteiger charge is -2.05. The Labute approximate surface area is 87.5 Å². The molecule has 0 aliphatic carbocycles. The molecule has 0 aliphatic rings. The van der Waals surface area contributed by atoms with E-state index in [1.165, 1.54) is 5.54 Å². The van der Waals surface area contributed by atoms with Gasteiger partial charge in [0.2, 0.25) is 0 Å². The van der Waals surface area contributed by atoms with E-state index >= 15 is 0 Å². The molecule has 1 aromatic carbocycles. The van der Waals surface area contributed by atoms with Crippen molar-refractivity contribution in [3.05, 3.63) is 41.4 Å². The third kappa shape index (κ3) is 2.64. The van der Waals surface area contributed by atoms with Gasteiger partial charge in [0.05, 0.1) is 0 Å². The molecule has 1 aromatic rings. The Bertz CT molecular complexity index is 269. The van der Waals surface area contributed by atoms with Crippen molar-refractivity contribution in [2.24, 2.45) is 0 Å². The second kappa shape index (κ2) is 5.09. The van der Waals surface area contributed by atoms with Gasteiger partial charge in [-0.1, -0.05) is 64.4 Å². The average molecular weight is 239 g/mol. The minimum Gasteiger partial charge on any atom is -0.0922 e. The van der Waals surface area contributed by atoms with Crippen molar-refractivity contribution >= 4 is 46.0 Å². The van der Waals surface area contributed by atoms with E-state index in [-0.39, 0.29) is 0 Å². The van der Waals surface area contributed by atoms with Crippen LogP contribution in [0.2, 0.25) is 0 Å². The quantitative estimate of drug-likeness (QED) is 0.636. The summed E-state index contributed by atoms with van der Waals surface area (Å²) >= 11 is 17.1. The molecule has 0 amide bonds. The van der Waals surface area contributed by atoms with Gasteiger partial charge < -0.3 is 0 Å². The Morgan fingerprint density at radius 1 is 1.17 bits per heavy atom. The second-order valence-corrected chi connectivity index (χ2v) is 5.81. The van der Waals surface area contributed by atoms with E-state index < -0.39 is 6.63 Å². The fourth-order valence-corrected chi connectivity index (χ4v) is 2.82. The summed E-state index contributed by atoms with van der Waals surface area (Å²) in [6.07, 6.45) is 0. The monoisotopic (exact) mass is 238 g/mol. The SMILES string of the molecule is Cl/C=C(\c1ccccc1)P(Cl)Cl. The lowest BCUT2D eigenvalue weighted by molar-refractivity contribution is 1.66. The van der Waals surface area contributed by atoms with Crippen LogP contribution in [0.4, 0.5) is 0 Å². The topological polar surface area (TPSA) is 0 Å². The molecule has 0 unspecified atom stereocenters. The Morgan fingerprint density at radius 2 is 1.75 bits per heavy atom. The van der Waals surface area contributed by atoms with Crippen LogP contribution in [0.1, 0.15) is 5.56 Å². The molecule has 12 heavy (non-hydrogen) atoms. The average Bonchev–Trinajstić information content (AvgIpc) is 2.07. The molecular formula is C8H6Cl3P. The van der Waals surface area contributed by atoms with Crippen LogP contribution in [0.15, 0.2) is 35.9 Å². The zero-order chi connectivity index (χ0) is 8.97. The first-order valence-electron chi connectivity index (χ1n) is 3.23. The Hall–Kier alpha value is 0.260. The number of hydrogen-bond acceptors (Lipinski definition) is 0. The maximum Gasteiger partial charge on any atom is 0.118 e. The highest BCUT2D eigenvalue weighted by Crippen LogP contribution is 2.59. The van der Waals surface area contributed by atoms with Crippen LogP contribution in [0.5, 0.6) is 0 Å². The molecule has 64 valence electrons. The van der Waals surface area contributed by atoms with Crippen molar-refractivity contribution in [1.29, 1.82) is 0 Å². The molecule has 0 saturated heterocycles. The summed E-state index contributed by atoms with van der Waals surface area (Å²) in [5, 5.41) is 0.788. The Morgan fingerprint density at radius 3 is 2.17 bits per heavy atom. The molecule has 0 bridgehead atoms. The van der Waals surface area contributed by atoms with Gasteiger partial charge in [-0.3, -0.25) is 0 Å². The normalized spacial score (nSPS) is 12.2. The van der Waals surface area contributed by atoms with Gasteiger partial charge >= 0.3 is 0 Å². The summed E-state index contributed by atoms with van der Waals surface area (Å²) in [6, 6.07) is 9.62. The summed E-state index contributed by atoms with van der Waals surface area (Å²) in [5.41, 5.74) is 2.41. The highest BCUT2D eigenvalue weighted by Gasteiger charge is 2.08. The first-order chi connectivity index (χ1) is 5.75. The Kier molecular flexibility index (Phi) is 4.39. The van der Waals surface area contributed by atoms with Crippen LogP contribution in [0, 0.1) is 0 Å². The number of hydrogen-bond donors (Lipinski definition) is 0. The van der Waals surface area contributed by atoms with Crippen LogP contribution in [-0.4, -0.2) is 0 Å². The molecule has 4 heteroatoms. The molecule has 0 saturated carbocycles. The molecule has 0 atom stereocenters. The fourth-order valence-electron chi connectivity index (χ4n) is 0.806. The van der Waals surface area contributed by atoms with Crippen LogP contribution in [0.3, 0.4) is 0 Å². The van der Waals surface area contributed by atoms with Gasteiger partial charge in [0.25, 0.3) is 0 Å². The minimum atomic E-state index is -1.17. The van der Waals surface area contributed by atoms with E-state index in [0.717, 1.165) is 10.9 Å². The van der Waals surface area contributed by atoms with Crippen molar-refractivity contribution < 1.29 is 0 Å². The van der Waals surface area contributed by atoms with Crippen LogP contribution in [-0.2, 0) is 0 Å². The molecule has 0 aliphatic heterocycles. The van der Waals surface area contributed by atoms with Crippen LogP contribution < -0.4 is 0 Å². The standard InChI is InChI=1S/C8H6Cl3P/c9-6-8(12(10)11)7-4-2-1-3-5-7/h1-6H/b8-6+. The van der Waals surface area contributed by atoms with Crippen molar-refractivity contribution in [1.82, 2.24) is 0 Å². The number of benzene rings is 1. The summed E-state index contributed by atoms with van der Waals surface area (Å²) in [7, 11) is 0. The van der Waals surface area contributed by atoms with Crippen molar-refractivity contribution in [2.45, 2.75) is 0 Å². The molecule has 0 aromatic heterocycles. The van der Waals surface area contributed by atoms with Gasteiger partial charge in [-0.15, -0.1) is 0 Å². The smallest absolute Gasteiger partial charge is 0.0922 e. The van der Waals surface area contributed by atoms with Crippen LogP contribution >= 0.6 is 40.7 Å². The van der Waals surface area contributed by atoms with Crippen molar-refractivity contribution in [2.75, 3.05) is 0 Å². The highest BCUT2D eigenvalue weighted by atomic mass is 35.9. The van der Waals surface area contributed by atoms with Gasteiger partial charge in [0, 0.05) is 10.8 Å². The summed E-state index contributed by atoms with van der Waals surface area (Å²) < 4.78 is 0. The predicted octanol–water partition coefficient (Wildman–Crippen LogP) is 5.01. The molecule has 0 heterocycles. The van der Waals surface area contributed by atoms with E-state index in [1.54, 1.807) is 0 Å². The highest BCUT2D eigenvalue weighted by molar-refractivity contribution is 8.10. The van der Waals surface area contributed by atoms with E-state index in [0.29, 0.717) is 0 Å². The van der Waals surface area contributed by atoms with Crippen LogP contribution in [0.25, 0.3) is 5.31 Å². The molecule has 0 N–H and O–H groups in total. The third-order valence-corrected chi connectivity index (χ3v) is 3.57. The maximum atomic E-state index is 5.76. The summed E-state index contributed by atoms with van der Waals surface area (Å²) in [4.78, 5) is 0. The van der Waals surface area contributed by atoms with E-state index in [2.05, 4.69) is 0 Å². The van der Waals surface area contributed by atoms with E-state index in [9.17, 15) is 0 Å². The summed E-state index contributed by atoms with van der Waals surface area (Å²) in [6.45, 7) is -1.17. The van der Waals surface area contributed by atoms with Gasteiger partial charge in [-0.2, -0.15) is 0 Å². The molecule has 0 nitrogen and oxygen atoms in total. The van der Waals surface area contributed by atoms with Gasteiger partial charge in [-0.25, -0.2) is 0 Å². The fraction of sp³-hybridized carbons (Fsp3) is 0. The Balaban J connectivity index is 2.97. The molecule has 0 radical (unpaired) electrons. The van der Waals surface area contributed by atoms with Gasteiger partial charge in [-0.05, 0) is 5.56 Å². The summed E-state index contributed by atoms with van der Waals surface area (Å²) in [5.74, 6) is 0. The van der Waals surface area contributed by atoms with E-state index in [4.69, 9.17) is 34.1 Å². The maximum absolute atomic E-state index is 5.76. The zero-order valence-electron chi connectivity index (χ0n) is 6.05. The number of rotatable bonds is 2. The van der Waals surface area contributed by atoms with Crippen molar-refractivity contribution in [3.63, 3.8) is 0 Å². The van der Waals surface area contributed by atoms with E-state index in [1.807, 2.05) is 30.3 Å². The molecule has 0 spiro atoms. The molecule has 1 rings (SSSR count). The second-order valence-electron chi connectivity index (χ2n) is 2.09. The lowest BCUT2D eigenvalue weighted by Crippen LogP contribution is -1.75. The molecule has 0 fully saturated rings.